The summed E-state index contributed by atoms with van der Waals surface area (Å²) in [7, 11) is 1.40. The minimum absolute atomic E-state index is 0.00203. The van der Waals surface area contributed by atoms with Gasteiger partial charge in [-0.25, -0.2) is 14.2 Å². The summed E-state index contributed by atoms with van der Waals surface area (Å²) in [6.07, 6.45) is 1.75. The lowest BCUT2D eigenvalue weighted by atomic mass is 9.90. The topological polar surface area (TPSA) is 97.3 Å². The lowest BCUT2D eigenvalue weighted by molar-refractivity contribution is 0.0693. The minimum Gasteiger partial charge on any atom is -0.496 e. The molecule has 7 nitrogen and oxygen atoms in total. The van der Waals surface area contributed by atoms with Crippen LogP contribution in [0.25, 0.3) is 32.9 Å². The number of benzene rings is 3. The van der Waals surface area contributed by atoms with Crippen LogP contribution in [-0.2, 0) is 0 Å². The molecule has 0 fully saturated rings. The van der Waals surface area contributed by atoms with Crippen molar-refractivity contribution in [1.29, 1.82) is 0 Å². The summed E-state index contributed by atoms with van der Waals surface area (Å²) < 4.78 is 25.3. The Morgan fingerprint density at radius 3 is 2.54 bits per heavy atom. The van der Waals surface area contributed by atoms with Crippen LogP contribution in [-0.4, -0.2) is 33.4 Å². The predicted molar refractivity (Wildman–Crippen MR) is 131 cm³/mol. The summed E-state index contributed by atoms with van der Waals surface area (Å²) in [6.45, 7) is 4.07. The van der Waals surface area contributed by atoms with Crippen molar-refractivity contribution in [2.75, 3.05) is 7.11 Å². The van der Waals surface area contributed by atoms with Crippen LogP contribution in [0.3, 0.4) is 0 Å². The van der Waals surface area contributed by atoms with E-state index in [1.54, 1.807) is 24.4 Å². The van der Waals surface area contributed by atoms with Crippen LogP contribution in [0.15, 0.2) is 60.8 Å². The maximum absolute atomic E-state index is 13.8. The summed E-state index contributed by atoms with van der Waals surface area (Å²) in [5, 5.41) is 18.3. The summed E-state index contributed by atoms with van der Waals surface area (Å²) in [4.78, 5) is 16.3. The number of rotatable bonds is 6. The number of hydrogen-bond donors (Lipinski definition) is 2. The zero-order valence-electron chi connectivity index (χ0n) is 19.3. The Labute approximate surface area is 200 Å². The SMILES string of the molecule is COc1cc(Oc2nc3cc4[nH]ncc4cc3c(-c3ccc(F)cc3)c2C(C)C)ccc1C(=O)O. The van der Waals surface area contributed by atoms with Crippen LogP contribution in [0, 0.1) is 5.82 Å². The quantitative estimate of drug-likeness (QED) is 0.292. The number of carboxylic acid groups (broad SMARTS) is 1. The number of carbonyl (C=O) groups is 1. The van der Waals surface area contributed by atoms with E-state index in [1.165, 1.54) is 31.4 Å². The van der Waals surface area contributed by atoms with Crippen molar-refractivity contribution in [1.82, 2.24) is 15.2 Å². The second-order valence-corrected chi connectivity index (χ2v) is 8.46. The molecule has 0 saturated heterocycles. The van der Waals surface area contributed by atoms with E-state index in [1.807, 2.05) is 26.0 Å². The lowest BCUT2D eigenvalue weighted by Gasteiger charge is -2.20. The van der Waals surface area contributed by atoms with Crippen LogP contribution in [0.4, 0.5) is 4.39 Å². The molecule has 0 radical (unpaired) electrons. The number of fused-ring (bicyclic) bond motifs is 2. The summed E-state index contributed by atoms with van der Waals surface area (Å²) in [5.74, 6) is -0.481. The van der Waals surface area contributed by atoms with Gasteiger partial charge in [0.25, 0.3) is 0 Å². The molecule has 176 valence electrons. The fourth-order valence-corrected chi connectivity index (χ4v) is 4.26. The molecule has 8 heteroatoms. The van der Waals surface area contributed by atoms with E-state index in [0.717, 1.165) is 33.0 Å². The van der Waals surface area contributed by atoms with Crippen LogP contribution in [0.5, 0.6) is 17.4 Å². The number of methoxy groups -OCH3 is 1. The van der Waals surface area contributed by atoms with Gasteiger partial charge >= 0.3 is 5.97 Å². The molecule has 2 heterocycles. The fraction of sp³-hybridized carbons (Fsp3) is 0.148. The Bertz CT molecular complexity index is 1580. The Morgan fingerprint density at radius 1 is 1.09 bits per heavy atom. The van der Waals surface area contributed by atoms with E-state index < -0.39 is 5.97 Å². The highest BCUT2D eigenvalue weighted by Gasteiger charge is 2.22. The molecule has 0 aliphatic rings. The Kier molecular flexibility index (Phi) is 5.56. The zero-order chi connectivity index (χ0) is 24.7. The number of aromatic amines is 1. The molecule has 0 spiro atoms. The minimum atomic E-state index is -1.10. The second kappa shape index (κ2) is 8.72. The third-order valence-electron chi connectivity index (χ3n) is 5.88. The van der Waals surface area contributed by atoms with Crippen LogP contribution >= 0.6 is 0 Å². The van der Waals surface area contributed by atoms with E-state index in [9.17, 15) is 14.3 Å². The van der Waals surface area contributed by atoms with E-state index >= 15 is 0 Å². The van der Waals surface area contributed by atoms with Gasteiger partial charge in [-0.15, -0.1) is 0 Å². The first-order valence-electron chi connectivity index (χ1n) is 11.0. The first-order chi connectivity index (χ1) is 16.9. The molecular formula is C27H22FN3O4. The zero-order valence-corrected chi connectivity index (χ0v) is 19.3. The van der Waals surface area contributed by atoms with E-state index in [2.05, 4.69) is 10.2 Å². The average Bonchev–Trinajstić information content (AvgIpc) is 3.29. The van der Waals surface area contributed by atoms with E-state index in [4.69, 9.17) is 14.5 Å². The number of nitrogens with zero attached hydrogens (tertiary/aromatic N) is 2. The number of H-pyrrole nitrogens is 1. The van der Waals surface area contributed by atoms with E-state index in [-0.39, 0.29) is 23.0 Å². The largest absolute Gasteiger partial charge is 0.496 e. The number of halogens is 1. The molecule has 35 heavy (non-hydrogen) atoms. The molecule has 0 aliphatic heterocycles. The monoisotopic (exact) mass is 471 g/mol. The van der Waals surface area contributed by atoms with Gasteiger partial charge in [0, 0.05) is 22.4 Å². The highest BCUT2D eigenvalue weighted by atomic mass is 19.1. The second-order valence-electron chi connectivity index (χ2n) is 8.46. The molecule has 5 rings (SSSR count). The van der Waals surface area contributed by atoms with Crippen LogP contribution in [0.2, 0.25) is 0 Å². The van der Waals surface area contributed by atoms with Crippen molar-refractivity contribution >= 4 is 27.8 Å². The van der Waals surface area contributed by atoms with Crippen molar-refractivity contribution in [3.8, 4) is 28.5 Å². The van der Waals surface area contributed by atoms with Crippen molar-refractivity contribution < 1.29 is 23.8 Å². The van der Waals surface area contributed by atoms with Gasteiger partial charge in [0.2, 0.25) is 5.88 Å². The molecule has 0 saturated carbocycles. The van der Waals surface area contributed by atoms with Gasteiger partial charge in [0.15, 0.2) is 0 Å². The van der Waals surface area contributed by atoms with Crippen LogP contribution < -0.4 is 9.47 Å². The maximum atomic E-state index is 13.8. The maximum Gasteiger partial charge on any atom is 0.339 e. The third-order valence-corrected chi connectivity index (χ3v) is 5.88. The van der Waals surface area contributed by atoms with Gasteiger partial charge in [0.05, 0.1) is 24.3 Å². The Morgan fingerprint density at radius 2 is 1.86 bits per heavy atom. The van der Waals surface area contributed by atoms with E-state index in [0.29, 0.717) is 17.1 Å². The number of aromatic carboxylic acids is 1. The van der Waals surface area contributed by atoms with Gasteiger partial charge in [-0.2, -0.15) is 5.10 Å². The fourth-order valence-electron chi connectivity index (χ4n) is 4.26. The number of carboxylic acids is 1. The van der Waals surface area contributed by atoms with Gasteiger partial charge in [-0.1, -0.05) is 26.0 Å². The van der Waals surface area contributed by atoms with Gasteiger partial charge < -0.3 is 14.6 Å². The molecule has 0 aliphatic carbocycles. The normalized spacial score (nSPS) is 11.3. The number of hydrogen-bond acceptors (Lipinski definition) is 5. The predicted octanol–water partition coefficient (Wildman–Crippen LogP) is 6.54. The number of pyridine rings is 1. The standard InChI is InChI=1S/C27H22FN3O4/c1-14(2)24-25(15-4-6-17(28)7-5-15)20-10-16-13-29-31-21(16)12-22(20)30-26(24)35-18-8-9-19(27(32)33)23(11-18)34-3/h4-14H,1-3H3,(H,29,31)(H,32,33). The molecule has 0 bridgehead atoms. The van der Waals surface area contributed by atoms with Crippen molar-refractivity contribution in [2.24, 2.45) is 0 Å². The number of aromatic nitrogens is 3. The summed E-state index contributed by atoms with van der Waals surface area (Å²) in [6, 6.07) is 14.8. The summed E-state index contributed by atoms with van der Waals surface area (Å²) >= 11 is 0. The molecule has 0 unspecified atom stereocenters. The van der Waals surface area contributed by atoms with Gasteiger partial charge in [-0.05, 0) is 53.4 Å². The molecule has 5 aromatic rings. The van der Waals surface area contributed by atoms with Crippen molar-refractivity contribution in [3.05, 3.63) is 77.7 Å². The Hall–Kier alpha value is -4.46. The van der Waals surface area contributed by atoms with Crippen LogP contribution in [0.1, 0.15) is 35.7 Å². The van der Waals surface area contributed by atoms with Crippen molar-refractivity contribution in [3.63, 3.8) is 0 Å². The lowest BCUT2D eigenvalue weighted by Crippen LogP contribution is -2.03. The smallest absolute Gasteiger partial charge is 0.339 e. The summed E-state index contributed by atoms with van der Waals surface area (Å²) in [5.41, 5.74) is 4.09. The molecule has 0 amide bonds. The van der Waals surface area contributed by atoms with Gasteiger partial charge in [-0.3, -0.25) is 5.10 Å². The molecule has 0 atom stereocenters. The molecule has 2 N–H and O–H groups in total. The third kappa shape index (κ3) is 4.03. The molecular weight excluding hydrogens is 449 g/mol. The number of nitrogens with one attached hydrogen (secondary N) is 1. The molecule has 2 aromatic heterocycles. The highest BCUT2D eigenvalue weighted by molar-refractivity contribution is 6.04. The highest BCUT2D eigenvalue weighted by Crippen LogP contribution is 2.43. The Balaban J connectivity index is 1.77. The molecule has 3 aromatic carbocycles. The first-order valence-corrected chi connectivity index (χ1v) is 11.0. The first kappa shape index (κ1) is 22.3. The average molecular weight is 471 g/mol. The van der Waals surface area contributed by atoms with Gasteiger partial charge in [0.1, 0.15) is 22.9 Å². The number of ether oxygens (including phenoxy) is 2. The van der Waals surface area contributed by atoms with Crippen molar-refractivity contribution in [2.45, 2.75) is 19.8 Å².